The van der Waals surface area contributed by atoms with Gasteiger partial charge in [0.05, 0.1) is 11.6 Å². The Hall–Kier alpha value is -3.11. The molecule has 3 rings (SSSR count). The van der Waals surface area contributed by atoms with Crippen molar-refractivity contribution in [3.8, 4) is 0 Å². The van der Waals surface area contributed by atoms with Crippen LogP contribution in [0.1, 0.15) is 70.4 Å². The Morgan fingerprint density at radius 2 is 1.66 bits per heavy atom. The maximum absolute atomic E-state index is 15.1. The molecule has 0 aromatic heterocycles. The van der Waals surface area contributed by atoms with E-state index in [1.54, 1.807) is 26.1 Å². The van der Waals surface area contributed by atoms with Crippen molar-refractivity contribution < 1.29 is 36.7 Å². The quantitative estimate of drug-likeness (QED) is 0.340. The van der Waals surface area contributed by atoms with Gasteiger partial charge in [-0.2, -0.15) is 13.2 Å². The van der Waals surface area contributed by atoms with Crippen LogP contribution in [0.3, 0.4) is 0 Å². The molecule has 2 saturated carbocycles. The van der Waals surface area contributed by atoms with E-state index < -0.39 is 54.0 Å². The molecule has 210 valence electrons. The van der Waals surface area contributed by atoms with Crippen LogP contribution in [0.5, 0.6) is 0 Å². The molecule has 7 nitrogen and oxygen atoms in total. The van der Waals surface area contributed by atoms with Crippen LogP contribution in [0.4, 0.5) is 28.0 Å². The van der Waals surface area contributed by atoms with Gasteiger partial charge in [-0.1, -0.05) is 12.7 Å². The van der Waals surface area contributed by atoms with E-state index >= 15 is 4.39 Å². The number of rotatable bonds is 10. The summed E-state index contributed by atoms with van der Waals surface area (Å²) in [6, 6.07) is 1.33. The summed E-state index contributed by atoms with van der Waals surface area (Å²) in [5.41, 5.74) is -0.580. The average molecular weight is 542 g/mol. The first-order chi connectivity index (χ1) is 17.6. The van der Waals surface area contributed by atoms with Crippen molar-refractivity contribution in [2.24, 2.45) is 17.8 Å². The second kappa shape index (κ2) is 11.3. The summed E-state index contributed by atoms with van der Waals surface area (Å²) in [6.07, 6.45) is -0.231. The summed E-state index contributed by atoms with van der Waals surface area (Å²) in [4.78, 5) is 38.3. The molecular formula is C27H35F4N3O4. The van der Waals surface area contributed by atoms with Gasteiger partial charge in [0.15, 0.2) is 0 Å². The molecule has 1 aromatic rings. The molecule has 1 aromatic carbocycles. The van der Waals surface area contributed by atoms with E-state index in [-0.39, 0.29) is 34.6 Å². The van der Waals surface area contributed by atoms with Crippen molar-refractivity contribution in [1.29, 1.82) is 0 Å². The SMILES string of the molecule is C=Cc1cc(NC(=O)[C@@H](NC(=O)OC(C)(C)C)C(C2CC2)C2CC2)c(F)cc1[C@H](C)C(=O)NCC(F)(F)F. The molecule has 0 heterocycles. The Labute approximate surface area is 219 Å². The molecule has 0 bridgehead atoms. The maximum Gasteiger partial charge on any atom is 0.408 e. The third kappa shape index (κ3) is 8.19. The maximum atomic E-state index is 15.1. The largest absolute Gasteiger partial charge is 0.444 e. The number of alkyl halides is 3. The topological polar surface area (TPSA) is 96.5 Å². The highest BCUT2D eigenvalue weighted by Crippen LogP contribution is 2.51. The van der Waals surface area contributed by atoms with E-state index in [4.69, 9.17) is 4.74 Å². The minimum absolute atomic E-state index is 0.110. The van der Waals surface area contributed by atoms with Crippen LogP contribution in [-0.4, -0.2) is 42.3 Å². The molecular weight excluding hydrogens is 506 g/mol. The Morgan fingerprint density at radius 1 is 1.08 bits per heavy atom. The van der Waals surface area contributed by atoms with Crippen LogP contribution >= 0.6 is 0 Å². The fourth-order valence-electron chi connectivity index (χ4n) is 4.61. The zero-order valence-electron chi connectivity index (χ0n) is 22.0. The van der Waals surface area contributed by atoms with Crippen molar-refractivity contribution in [3.63, 3.8) is 0 Å². The van der Waals surface area contributed by atoms with Crippen molar-refractivity contribution in [2.75, 3.05) is 11.9 Å². The van der Waals surface area contributed by atoms with Gasteiger partial charge in [-0.3, -0.25) is 9.59 Å². The molecule has 11 heteroatoms. The van der Waals surface area contributed by atoms with Crippen LogP contribution in [0.2, 0.25) is 0 Å². The molecule has 0 aliphatic heterocycles. The molecule has 2 aliphatic carbocycles. The second-order valence-corrected chi connectivity index (χ2v) is 11.1. The van der Waals surface area contributed by atoms with Gasteiger partial charge in [-0.25, -0.2) is 9.18 Å². The van der Waals surface area contributed by atoms with E-state index in [0.717, 1.165) is 31.7 Å². The van der Waals surface area contributed by atoms with Gasteiger partial charge < -0.3 is 20.7 Å². The molecule has 3 amide bonds. The van der Waals surface area contributed by atoms with Crippen molar-refractivity contribution in [2.45, 2.75) is 77.1 Å². The van der Waals surface area contributed by atoms with E-state index in [1.807, 2.05) is 0 Å². The first-order valence-corrected chi connectivity index (χ1v) is 12.7. The van der Waals surface area contributed by atoms with Crippen LogP contribution in [0.15, 0.2) is 18.7 Å². The Kier molecular flexibility index (Phi) is 8.78. The minimum atomic E-state index is -4.58. The molecule has 3 N–H and O–H groups in total. The van der Waals surface area contributed by atoms with Crippen LogP contribution < -0.4 is 16.0 Å². The van der Waals surface area contributed by atoms with Crippen molar-refractivity contribution in [1.82, 2.24) is 10.6 Å². The lowest BCUT2D eigenvalue weighted by molar-refractivity contribution is -0.139. The third-order valence-electron chi connectivity index (χ3n) is 6.65. The molecule has 0 unspecified atom stereocenters. The third-order valence-corrected chi connectivity index (χ3v) is 6.65. The standard InChI is InChI=1S/C27H35F4N3O4/c1-6-15-11-20(19(28)12-18(15)14(2)23(35)32-13-27(29,30)31)33-24(36)22(34-25(37)38-26(3,4)5)21(16-7-8-16)17-9-10-17/h6,11-12,14,16-17,21-22H,1,7-10,13H2,2-5H3,(H,32,35)(H,33,36)(H,34,37)/t14-,22-/m0/s1. The Morgan fingerprint density at radius 3 is 2.13 bits per heavy atom. The summed E-state index contributed by atoms with van der Waals surface area (Å²) in [6.45, 7) is 8.61. The zero-order valence-corrected chi connectivity index (χ0v) is 22.0. The lowest BCUT2D eigenvalue weighted by Crippen LogP contribution is -2.51. The van der Waals surface area contributed by atoms with E-state index in [2.05, 4.69) is 17.2 Å². The minimum Gasteiger partial charge on any atom is -0.444 e. The summed E-state index contributed by atoms with van der Waals surface area (Å²) in [5, 5.41) is 7.04. The molecule has 2 fully saturated rings. The number of nitrogens with one attached hydrogen (secondary N) is 3. The highest BCUT2D eigenvalue weighted by Gasteiger charge is 2.48. The van der Waals surface area contributed by atoms with Gasteiger partial charge in [-0.05, 0) is 94.4 Å². The fraction of sp³-hybridized carbons (Fsp3) is 0.593. The first-order valence-electron chi connectivity index (χ1n) is 12.7. The highest BCUT2D eigenvalue weighted by molar-refractivity contribution is 5.97. The van der Waals surface area contributed by atoms with Gasteiger partial charge in [0.25, 0.3) is 0 Å². The fourth-order valence-corrected chi connectivity index (χ4v) is 4.61. The number of alkyl carbamates (subject to hydrolysis) is 1. The average Bonchev–Trinajstić information content (AvgIpc) is 3.71. The number of hydrogen-bond acceptors (Lipinski definition) is 4. The van der Waals surface area contributed by atoms with Crippen LogP contribution in [0.25, 0.3) is 6.08 Å². The summed E-state index contributed by atoms with van der Waals surface area (Å²) < 4.78 is 58.0. The van der Waals surface area contributed by atoms with Crippen LogP contribution in [0, 0.1) is 23.6 Å². The van der Waals surface area contributed by atoms with Gasteiger partial charge in [0, 0.05) is 0 Å². The molecule has 0 spiro atoms. The number of benzene rings is 1. The smallest absolute Gasteiger partial charge is 0.408 e. The number of carbonyl (C=O) groups is 3. The van der Waals surface area contributed by atoms with Crippen molar-refractivity contribution >= 4 is 29.7 Å². The molecule has 0 saturated heterocycles. The highest BCUT2D eigenvalue weighted by atomic mass is 19.4. The predicted molar refractivity (Wildman–Crippen MR) is 135 cm³/mol. The van der Waals surface area contributed by atoms with E-state index in [9.17, 15) is 27.6 Å². The van der Waals surface area contributed by atoms with E-state index in [1.165, 1.54) is 19.1 Å². The van der Waals surface area contributed by atoms with Gasteiger partial charge >= 0.3 is 12.3 Å². The summed E-state index contributed by atoms with van der Waals surface area (Å²) in [7, 11) is 0. The van der Waals surface area contributed by atoms with Gasteiger partial charge in [0.1, 0.15) is 24.0 Å². The van der Waals surface area contributed by atoms with Gasteiger partial charge in [0.2, 0.25) is 11.8 Å². The lowest BCUT2D eigenvalue weighted by atomic mass is 9.88. The second-order valence-electron chi connectivity index (χ2n) is 11.1. The predicted octanol–water partition coefficient (Wildman–Crippen LogP) is 5.52. The monoisotopic (exact) mass is 541 g/mol. The number of halogens is 4. The number of carbonyl (C=O) groups excluding carboxylic acids is 3. The zero-order chi connectivity index (χ0) is 28.4. The molecule has 2 aliphatic rings. The lowest BCUT2D eigenvalue weighted by Gasteiger charge is -2.29. The summed E-state index contributed by atoms with van der Waals surface area (Å²) >= 11 is 0. The number of hydrogen-bond donors (Lipinski definition) is 3. The first kappa shape index (κ1) is 29.4. The normalized spacial score (nSPS) is 17.4. The van der Waals surface area contributed by atoms with Crippen molar-refractivity contribution in [3.05, 3.63) is 35.7 Å². The number of ether oxygens (including phenoxy) is 1. The van der Waals surface area contributed by atoms with Crippen LogP contribution in [-0.2, 0) is 14.3 Å². The molecule has 0 radical (unpaired) electrons. The molecule has 38 heavy (non-hydrogen) atoms. The Balaban J connectivity index is 1.82. The van der Waals surface area contributed by atoms with E-state index in [0.29, 0.717) is 0 Å². The summed E-state index contributed by atoms with van der Waals surface area (Å²) in [5.74, 6) is -3.07. The van der Waals surface area contributed by atoms with Gasteiger partial charge in [-0.15, -0.1) is 0 Å². The number of amides is 3. The number of anilines is 1. The molecule has 2 atom stereocenters. The Bertz CT molecular complexity index is 1060.